The third-order valence-corrected chi connectivity index (χ3v) is 3.88. The van der Waals surface area contributed by atoms with E-state index in [4.69, 9.17) is 11.2 Å². The Morgan fingerprint density at radius 1 is 1.18 bits per heavy atom. The summed E-state index contributed by atoms with van der Waals surface area (Å²) in [4.78, 5) is 23.7. The van der Waals surface area contributed by atoms with Gasteiger partial charge < -0.3 is 10.1 Å². The zero-order valence-corrected chi connectivity index (χ0v) is 16.3. The minimum absolute atomic E-state index is 0.0356. The highest BCUT2D eigenvalue weighted by molar-refractivity contribution is 9.10. The summed E-state index contributed by atoms with van der Waals surface area (Å²) in [5, 5.41) is 6.45. The summed E-state index contributed by atoms with van der Waals surface area (Å²) in [6, 6.07) is 10.6. The van der Waals surface area contributed by atoms with Crippen LogP contribution in [-0.2, 0) is 9.59 Å². The molecule has 0 spiro atoms. The highest BCUT2D eigenvalue weighted by atomic mass is 79.9. The van der Waals surface area contributed by atoms with Gasteiger partial charge in [-0.15, -0.1) is 6.42 Å². The first-order chi connectivity index (χ1) is 13.5. The van der Waals surface area contributed by atoms with Gasteiger partial charge in [0.05, 0.1) is 6.21 Å². The Balaban J connectivity index is 1.82. The molecule has 0 heterocycles. The molecular weight excluding hydrogens is 429 g/mol. The van der Waals surface area contributed by atoms with Crippen molar-refractivity contribution in [3.8, 4) is 18.1 Å². The summed E-state index contributed by atoms with van der Waals surface area (Å²) < 4.78 is 19.0. The second-order valence-corrected chi connectivity index (χ2v) is 6.44. The molecule has 2 amide bonds. The molecule has 0 saturated heterocycles. The summed E-state index contributed by atoms with van der Waals surface area (Å²) in [6.07, 6.45) is 6.52. The van der Waals surface area contributed by atoms with Crippen molar-refractivity contribution in [2.45, 2.75) is 12.8 Å². The maximum Gasteiger partial charge on any atom is 0.240 e. The van der Waals surface area contributed by atoms with Crippen LogP contribution in [0.2, 0.25) is 0 Å². The zero-order chi connectivity index (χ0) is 20.4. The summed E-state index contributed by atoms with van der Waals surface area (Å²) in [5.41, 5.74) is 3.43. The highest BCUT2D eigenvalue weighted by Crippen LogP contribution is 2.21. The molecular formula is C20H17BrFN3O3. The van der Waals surface area contributed by atoms with Crippen molar-refractivity contribution in [2.75, 3.05) is 11.9 Å². The maximum atomic E-state index is 12.8. The predicted molar refractivity (Wildman–Crippen MR) is 108 cm³/mol. The molecule has 0 radical (unpaired) electrons. The molecule has 8 heteroatoms. The van der Waals surface area contributed by atoms with Crippen molar-refractivity contribution < 1.29 is 18.7 Å². The Hall–Kier alpha value is -3.18. The molecule has 0 fully saturated rings. The number of hydrogen-bond donors (Lipinski definition) is 2. The number of nitrogens with zero attached hydrogens (tertiary/aromatic N) is 1. The van der Waals surface area contributed by atoms with Crippen molar-refractivity contribution in [3.05, 3.63) is 58.3 Å². The van der Waals surface area contributed by atoms with Crippen LogP contribution >= 0.6 is 15.9 Å². The SMILES string of the molecule is C#CCOc1ccc(Br)cc1C=NNC(=O)CCC(=O)Nc1ccc(F)cc1. The van der Waals surface area contributed by atoms with Crippen LogP contribution < -0.4 is 15.5 Å². The van der Waals surface area contributed by atoms with Gasteiger partial charge in [0, 0.05) is 28.6 Å². The summed E-state index contributed by atoms with van der Waals surface area (Å²) in [7, 11) is 0. The van der Waals surface area contributed by atoms with E-state index in [0.29, 0.717) is 17.0 Å². The molecule has 28 heavy (non-hydrogen) atoms. The minimum Gasteiger partial charge on any atom is -0.480 e. The van der Waals surface area contributed by atoms with Crippen LogP contribution in [-0.4, -0.2) is 24.6 Å². The molecule has 0 aliphatic heterocycles. The van der Waals surface area contributed by atoms with Gasteiger partial charge in [-0.2, -0.15) is 5.10 Å². The Bertz CT molecular complexity index is 908. The number of ether oxygens (including phenoxy) is 1. The van der Waals surface area contributed by atoms with E-state index in [1.54, 1.807) is 18.2 Å². The van der Waals surface area contributed by atoms with Crippen LogP contribution in [0.25, 0.3) is 0 Å². The second-order valence-electron chi connectivity index (χ2n) is 5.52. The molecule has 0 aromatic heterocycles. The first kappa shape index (κ1) is 21.1. The average Bonchev–Trinajstić information content (AvgIpc) is 2.67. The highest BCUT2D eigenvalue weighted by Gasteiger charge is 2.07. The molecule has 0 unspecified atom stereocenters. The van der Waals surface area contributed by atoms with Gasteiger partial charge in [0.25, 0.3) is 0 Å². The van der Waals surface area contributed by atoms with Gasteiger partial charge in [-0.25, -0.2) is 9.82 Å². The third kappa shape index (κ3) is 7.21. The van der Waals surface area contributed by atoms with Crippen LogP contribution in [0, 0.1) is 18.2 Å². The number of anilines is 1. The van der Waals surface area contributed by atoms with Crippen LogP contribution in [0.3, 0.4) is 0 Å². The summed E-state index contributed by atoms with van der Waals surface area (Å²) in [5.74, 6) is 1.72. The Kier molecular flexibility index (Phi) is 8.18. The van der Waals surface area contributed by atoms with E-state index in [1.165, 1.54) is 30.5 Å². The van der Waals surface area contributed by atoms with Gasteiger partial charge >= 0.3 is 0 Å². The van der Waals surface area contributed by atoms with Crippen LogP contribution in [0.1, 0.15) is 18.4 Å². The van der Waals surface area contributed by atoms with Gasteiger partial charge in [0.1, 0.15) is 18.2 Å². The number of hydrogen-bond acceptors (Lipinski definition) is 4. The van der Waals surface area contributed by atoms with E-state index in [-0.39, 0.29) is 25.4 Å². The number of terminal acetylenes is 1. The number of nitrogens with one attached hydrogen (secondary N) is 2. The minimum atomic E-state index is -0.424. The number of halogens is 2. The van der Waals surface area contributed by atoms with Crippen molar-refractivity contribution in [1.29, 1.82) is 0 Å². The monoisotopic (exact) mass is 445 g/mol. The quantitative estimate of drug-likeness (QED) is 0.370. The number of benzene rings is 2. The van der Waals surface area contributed by atoms with Gasteiger partial charge in [-0.3, -0.25) is 9.59 Å². The summed E-state index contributed by atoms with van der Waals surface area (Å²) in [6.45, 7) is 0.109. The van der Waals surface area contributed by atoms with Crippen molar-refractivity contribution in [2.24, 2.45) is 5.10 Å². The van der Waals surface area contributed by atoms with E-state index >= 15 is 0 Å². The van der Waals surface area contributed by atoms with Crippen LogP contribution in [0.15, 0.2) is 52.0 Å². The van der Waals surface area contributed by atoms with Crippen molar-refractivity contribution in [1.82, 2.24) is 5.43 Å². The molecule has 2 aromatic rings. The lowest BCUT2D eigenvalue weighted by Crippen LogP contribution is -2.20. The lowest BCUT2D eigenvalue weighted by molar-refractivity contribution is -0.124. The lowest BCUT2D eigenvalue weighted by atomic mass is 10.2. The number of amides is 2. The molecule has 0 bridgehead atoms. The molecule has 0 atom stereocenters. The first-order valence-corrected chi connectivity index (χ1v) is 9.00. The Labute approximate surface area is 170 Å². The zero-order valence-electron chi connectivity index (χ0n) is 14.7. The van der Waals surface area contributed by atoms with E-state index in [2.05, 4.69) is 37.7 Å². The standard InChI is InChI=1S/C20H17BrFN3O3/c1-2-11-28-18-8-3-15(21)12-14(18)13-23-25-20(27)10-9-19(26)24-17-6-4-16(22)5-7-17/h1,3-8,12-13H,9-11H2,(H,24,26)(H,25,27). The third-order valence-electron chi connectivity index (χ3n) is 3.38. The first-order valence-electron chi connectivity index (χ1n) is 8.21. The van der Waals surface area contributed by atoms with Gasteiger partial charge in [-0.05, 0) is 42.5 Å². The number of carbonyl (C=O) groups excluding carboxylic acids is 2. The van der Waals surface area contributed by atoms with Crippen LogP contribution in [0.4, 0.5) is 10.1 Å². The lowest BCUT2D eigenvalue weighted by Gasteiger charge is -2.07. The van der Waals surface area contributed by atoms with E-state index in [1.807, 2.05) is 0 Å². The van der Waals surface area contributed by atoms with E-state index in [9.17, 15) is 14.0 Å². The normalized spacial score (nSPS) is 10.3. The Morgan fingerprint density at radius 3 is 2.61 bits per heavy atom. The number of rotatable bonds is 8. The smallest absolute Gasteiger partial charge is 0.240 e. The molecule has 2 aromatic carbocycles. The maximum absolute atomic E-state index is 12.8. The molecule has 2 rings (SSSR count). The molecule has 2 N–H and O–H groups in total. The molecule has 144 valence electrons. The molecule has 6 nitrogen and oxygen atoms in total. The summed E-state index contributed by atoms with van der Waals surface area (Å²) >= 11 is 3.35. The predicted octanol–water partition coefficient (Wildman–Crippen LogP) is 3.47. The fourth-order valence-corrected chi connectivity index (χ4v) is 2.46. The van der Waals surface area contributed by atoms with Crippen molar-refractivity contribution >= 4 is 39.6 Å². The van der Waals surface area contributed by atoms with E-state index < -0.39 is 11.7 Å². The van der Waals surface area contributed by atoms with Gasteiger partial charge in [-0.1, -0.05) is 21.9 Å². The Morgan fingerprint density at radius 2 is 1.89 bits per heavy atom. The van der Waals surface area contributed by atoms with Crippen LogP contribution in [0.5, 0.6) is 5.75 Å². The average molecular weight is 446 g/mol. The number of carbonyl (C=O) groups is 2. The fraction of sp³-hybridized carbons (Fsp3) is 0.150. The second kappa shape index (κ2) is 10.8. The largest absolute Gasteiger partial charge is 0.480 e. The topological polar surface area (TPSA) is 79.8 Å². The molecule has 0 aliphatic rings. The van der Waals surface area contributed by atoms with Gasteiger partial charge in [0.15, 0.2) is 0 Å². The van der Waals surface area contributed by atoms with E-state index in [0.717, 1.165) is 4.47 Å². The number of hydrazone groups is 1. The molecule has 0 aliphatic carbocycles. The van der Waals surface area contributed by atoms with Crippen molar-refractivity contribution in [3.63, 3.8) is 0 Å². The molecule has 0 saturated carbocycles. The fourth-order valence-electron chi connectivity index (χ4n) is 2.08. The van der Waals surface area contributed by atoms with Gasteiger partial charge in [0.2, 0.25) is 11.8 Å².